The highest BCUT2D eigenvalue weighted by Crippen LogP contribution is 2.38. The SMILES string of the molecule is CCC(C)[C@@H](N)c1cc(Br)cc([N+](=O)[O-])c1O. The zero-order chi connectivity index (χ0) is 13.2. The molecular weight excluding hydrogens is 288 g/mol. The molecule has 17 heavy (non-hydrogen) atoms. The van der Waals surface area contributed by atoms with Crippen LogP contribution >= 0.6 is 15.9 Å². The van der Waals surface area contributed by atoms with E-state index in [1.54, 1.807) is 6.07 Å². The van der Waals surface area contributed by atoms with Gasteiger partial charge in [0.25, 0.3) is 0 Å². The second kappa shape index (κ2) is 5.46. The van der Waals surface area contributed by atoms with Crippen LogP contribution in [0.2, 0.25) is 0 Å². The summed E-state index contributed by atoms with van der Waals surface area (Å²) in [5.41, 5.74) is 6.06. The number of hydrogen-bond donors (Lipinski definition) is 2. The van der Waals surface area contributed by atoms with Gasteiger partial charge in [0.15, 0.2) is 5.75 Å². The number of benzene rings is 1. The minimum atomic E-state index is -0.618. The first-order valence-corrected chi connectivity index (χ1v) is 6.10. The number of nitro groups is 1. The molecule has 1 rings (SSSR count). The fourth-order valence-corrected chi connectivity index (χ4v) is 2.02. The smallest absolute Gasteiger partial charge is 0.312 e. The summed E-state index contributed by atoms with van der Waals surface area (Å²) in [6.07, 6.45) is 0.834. The average Bonchev–Trinajstić information content (AvgIpc) is 2.29. The summed E-state index contributed by atoms with van der Waals surface area (Å²) in [7, 11) is 0. The summed E-state index contributed by atoms with van der Waals surface area (Å²) in [6, 6.07) is 2.47. The zero-order valence-corrected chi connectivity index (χ0v) is 11.3. The molecule has 0 fully saturated rings. The molecular formula is C11H15BrN2O3. The number of halogens is 1. The van der Waals surface area contributed by atoms with E-state index < -0.39 is 11.0 Å². The molecule has 6 heteroatoms. The van der Waals surface area contributed by atoms with Gasteiger partial charge < -0.3 is 10.8 Å². The van der Waals surface area contributed by atoms with Crippen LogP contribution in [0.5, 0.6) is 5.75 Å². The van der Waals surface area contributed by atoms with Crippen molar-refractivity contribution in [1.29, 1.82) is 0 Å². The minimum Gasteiger partial charge on any atom is -0.502 e. The van der Waals surface area contributed by atoms with E-state index >= 15 is 0 Å². The molecule has 0 saturated heterocycles. The molecule has 0 aliphatic heterocycles. The standard InChI is InChI=1S/C11H15BrN2O3/c1-3-6(2)10(13)8-4-7(12)5-9(11(8)15)14(16)17/h4-6,10,15H,3,13H2,1-2H3/t6?,10-/m1/s1. The third kappa shape index (κ3) is 2.95. The van der Waals surface area contributed by atoms with Crippen molar-refractivity contribution >= 4 is 21.6 Å². The Morgan fingerprint density at radius 3 is 2.65 bits per heavy atom. The van der Waals surface area contributed by atoms with Gasteiger partial charge in [-0.25, -0.2) is 0 Å². The first-order valence-electron chi connectivity index (χ1n) is 5.30. The molecule has 2 atom stereocenters. The van der Waals surface area contributed by atoms with Crippen molar-refractivity contribution in [1.82, 2.24) is 0 Å². The van der Waals surface area contributed by atoms with E-state index in [0.29, 0.717) is 10.0 Å². The molecule has 0 bridgehead atoms. The lowest BCUT2D eigenvalue weighted by molar-refractivity contribution is -0.386. The van der Waals surface area contributed by atoms with E-state index in [9.17, 15) is 15.2 Å². The Kier molecular flexibility index (Phi) is 4.47. The Bertz CT molecular complexity index is 437. The molecule has 3 N–H and O–H groups in total. The average molecular weight is 303 g/mol. The molecule has 1 unspecified atom stereocenters. The fourth-order valence-electron chi connectivity index (χ4n) is 1.56. The number of hydrogen-bond acceptors (Lipinski definition) is 4. The lowest BCUT2D eigenvalue weighted by atomic mass is 9.92. The van der Waals surface area contributed by atoms with Gasteiger partial charge in [-0.05, 0) is 12.0 Å². The van der Waals surface area contributed by atoms with E-state index in [4.69, 9.17) is 5.73 Å². The number of nitrogens with zero attached hydrogens (tertiary/aromatic N) is 1. The van der Waals surface area contributed by atoms with E-state index in [1.165, 1.54) is 6.07 Å². The highest BCUT2D eigenvalue weighted by molar-refractivity contribution is 9.10. The van der Waals surface area contributed by atoms with Gasteiger partial charge in [0.1, 0.15) is 0 Å². The lowest BCUT2D eigenvalue weighted by Gasteiger charge is -2.19. The molecule has 1 aromatic rings. The first-order chi connectivity index (χ1) is 7.88. The maximum atomic E-state index is 10.8. The van der Waals surface area contributed by atoms with E-state index in [0.717, 1.165) is 6.42 Å². The third-order valence-electron chi connectivity index (χ3n) is 2.90. The summed E-state index contributed by atoms with van der Waals surface area (Å²) in [4.78, 5) is 10.2. The predicted molar refractivity (Wildman–Crippen MR) is 68.8 cm³/mol. The van der Waals surface area contributed by atoms with Crippen molar-refractivity contribution in [3.8, 4) is 5.75 Å². The monoisotopic (exact) mass is 302 g/mol. The molecule has 0 aliphatic carbocycles. The van der Waals surface area contributed by atoms with Crippen LogP contribution in [0.15, 0.2) is 16.6 Å². The molecule has 0 aromatic heterocycles. The van der Waals surface area contributed by atoms with Gasteiger partial charge in [0.2, 0.25) is 0 Å². The topological polar surface area (TPSA) is 89.4 Å². The quantitative estimate of drug-likeness (QED) is 0.660. The van der Waals surface area contributed by atoms with Crippen molar-refractivity contribution in [2.45, 2.75) is 26.3 Å². The molecule has 1 aromatic carbocycles. The normalized spacial score (nSPS) is 14.4. The van der Waals surface area contributed by atoms with Crippen LogP contribution in [0.3, 0.4) is 0 Å². The summed E-state index contributed by atoms with van der Waals surface area (Å²) < 4.78 is 0.538. The number of phenols is 1. The van der Waals surface area contributed by atoms with Gasteiger partial charge in [-0.2, -0.15) is 0 Å². The molecule has 0 saturated carbocycles. The van der Waals surface area contributed by atoms with Crippen LogP contribution in [-0.4, -0.2) is 10.0 Å². The Labute approximate surface area is 108 Å². The van der Waals surface area contributed by atoms with Gasteiger partial charge in [-0.1, -0.05) is 36.2 Å². The fraction of sp³-hybridized carbons (Fsp3) is 0.455. The second-order valence-corrected chi connectivity index (χ2v) is 4.95. The number of nitrogens with two attached hydrogens (primary N) is 1. The highest BCUT2D eigenvalue weighted by atomic mass is 79.9. The summed E-state index contributed by atoms with van der Waals surface area (Å²) in [5, 5.41) is 20.6. The number of phenolic OH excluding ortho intramolecular Hbond substituents is 1. The van der Waals surface area contributed by atoms with Crippen molar-refractivity contribution in [2.24, 2.45) is 11.7 Å². The molecule has 0 heterocycles. The highest BCUT2D eigenvalue weighted by Gasteiger charge is 2.24. The Balaban J connectivity index is 3.29. The van der Waals surface area contributed by atoms with E-state index in [1.807, 2.05) is 13.8 Å². The number of rotatable bonds is 4. The van der Waals surface area contributed by atoms with E-state index in [2.05, 4.69) is 15.9 Å². The Morgan fingerprint density at radius 1 is 1.59 bits per heavy atom. The van der Waals surface area contributed by atoms with Crippen molar-refractivity contribution in [2.75, 3.05) is 0 Å². The van der Waals surface area contributed by atoms with Crippen LogP contribution in [0.25, 0.3) is 0 Å². The van der Waals surface area contributed by atoms with Crippen LogP contribution < -0.4 is 5.73 Å². The zero-order valence-electron chi connectivity index (χ0n) is 9.68. The minimum absolute atomic E-state index is 0.134. The van der Waals surface area contributed by atoms with Crippen LogP contribution in [0.4, 0.5) is 5.69 Å². The van der Waals surface area contributed by atoms with Gasteiger partial charge in [0.05, 0.1) is 4.92 Å². The maximum absolute atomic E-state index is 10.8. The largest absolute Gasteiger partial charge is 0.502 e. The molecule has 5 nitrogen and oxygen atoms in total. The van der Waals surface area contributed by atoms with Crippen molar-refractivity contribution in [3.63, 3.8) is 0 Å². The second-order valence-electron chi connectivity index (χ2n) is 4.03. The van der Waals surface area contributed by atoms with Gasteiger partial charge in [-0.15, -0.1) is 0 Å². The predicted octanol–water partition coefficient (Wildman–Crippen LogP) is 3.11. The van der Waals surface area contributed by atoms with Crippen LogP contribution in [0, 0.1) is 16.0 Å². The lowest BCUT2D eigenvalue weighted by Crippen LogP contribution is -2.19. The van der Waals surface area contributed by atoms with Crippen molar-refractivity contribution < 1.29 is 10.0 Å². The Morgan fingerprint density at radius 2 is 2.18 bits per heavy atom. The Hall–Kier alpha value is -1.14. The summed E-state index contributed by atoms with van der Waals surface area (Å²) >= 11 is 3.18. The van der Waals surface area contributed by atoms with Crippen LogP contribution in [0.1, 0.15) is 31.9 Å². The summed E-state index contributed by atoms with van der Waals surface area (Å²) in [6.45, 7) is 3.92. The third-order valence-corrected chi connectivity index (χ3v) is 3.35. The molecule has 0 spiro atoms. The molecule has 94 valence electrons. The van der Waals surface area contributed by atoms with E-state index in [-0.39, 0.29) is 17.4 Å². The molecule has 0 radical (unpaired) electrons. The molecule has 0 amide bonds. The molecule has 0 aliphatic rings. The first kappa shape index (κ1) is 13.9. The van der Waals surface area contributed by atoms with Gasteiger partial charge in [-0.3, -0.25) is 10.1 Å². The number of nitro benzene ring substituents is 1. The van der Waals surface area contributed by atoms with Gasteiger partial charge in [0, 0.05) is 22.1 Å². The van der Waals surface area contributed by atoms with Crippen LogP contribution in [-0.2, 0) is 0 Å². The number of aromatic hydroxyl groups is 1. The van der Waals surface area contributed by atoms with Crippen molar-refractivity contribution in [3.05, 3.63) is 32.3 Å². The van der Waals surface area contributed by atoms with Gasteiger partial charge >= 0.3 is 5.69 Å². The summed E-state index contributed by atoms with van der Waals surface area (Å²) in [5.74, 6) is -0.208. The maximum Gasteiger partial charge on any atom is 0.312 e.